The van der Waals surface area contributed by atoms with Crippen LogP contribution < -0.4 is 0 Å². The number of hydrogen-bond donors (Lipinski definition) is 1. The second-order valence-electron chi connectivity index (χ2n) is 7.22. The molecular weight excluding hydrogens is 244 g/mol. The summed E-state index contributed by atoms with van der Waals surface area (Å²) in [5.41, 5.74) is 0.444. The summed E-state index contributed by atoms with van der Waals surface area (Å²) in [5.74, 6) is 0.792. The van der Waals surface area contributed by atoms with Crippen LogP contribution in [-0.2, 0) is 9.53 Å². The molecule has 3 heteroatoms. The van der Waals surface area contributed by atoms with Gasteiger partial charge >= 0.3 is 5.97 Å². The lowest BCUT2D eigenvalue weighted by Gasteiger charge is -2.38. The topological polar surface area (TPSA) is 26.3 Å². The predicted molar refractivity (Wildman–Crippen MR) is 76.7 cm³/mol. The Kier molecular flexibility index (Phi) is 3.50. The van der Waals surface area contributed by atoms with Crippen LogP contribution >= 0.6 is 12.6 Å². The van der Waals surface area contributed by atoms with Gasteiger partial charge in [-0.15, -0.1) is 0 Å². The van der Waals surface area contributed by atoms with Gasteiger partial charge in [0.05, 0.1) is 0 Å². The first-order valence-electron chi connectivity index (χ1n) is 7.08. The van der Waals surface area contributed by atoms with Crippen molar-refractivity contribution in [1.82, 2.24) is 0 Å². The number of rotatable bonds is 3. The largest absolute Gasteiger partial charge is 0.461 e. The van der Waals surface area contributed by atoms with Crippen LogP contribution in [0.5, 0.6) is 0 Å². The van der Waals surface area contributed by atoms with Crippen molar-refractivity contribution in [3.05, 3.63) is 0 Å². The fourth-order valence-electron chi connectivity index (χ4n) is 3.79. The molecule has 0 aromatic heterocycles. The molecule has 0 aromatic rings. The first-order valence-corrected chi connectivity index (χ1v) is 7.60. The summed E-state index contributed by atoms with van der Waals surface area (Å²) in [5, 5.41) is -0.296. The SMILES string of the molecule is CC(C)C(S)C(=O)OC1CC2CCC1(C)C2(C)C. The number of fused-ring (bicyclic) bond motifs is 2. The molecule has 0 aliphatic heterocycles. The summed E-state index contributed by atoms with van der Waals surface area (Å²) >= 11 is 4.36. The van der Waals surface area contributed by atoms with Crippen molar-refractivity contribution < 1.29 is 9.53 Å². The Morgan fingerprint density at radius 1 is 1.33 bits per heavy atom. The van der Waals surface area contributed by atoms with E-state index in [9.17, 15) is 4.79 Å². The quantitative estimate of drug-likeness (QED) is 0.625. The van der Waals surface area contributed by atoms with Crippen molar-refractivity contribution in [2.24, 2.45) is 22.7 Å². The average Bonchev–Trinajstić information content (AvgIpc) is 2.60. The van der Waals surface area contributed by atoms with Crippen molar-refractivity contribution in [2.45, 2.75) is 65.2 Å². The number of thiol groups is 1. The minimum Gasteiger partial charge on any atom is -0.461 e. The van der Waals surface area contributed by atoms with Crippen LogP contribution in [0.25, 0.3) is 0 Å². The minimum atomic E-state index is -0.296. The van der Waals surface area contributed by atoms with E-state index in [1.54, 1.807) is 0 Å². The lowest BCUT2D eigenvalue weighted by Crippen LogP contribution is -2.40. The molecule has 0 spiro atoms. The number of hydrogen-bond acceptors (Lipinski definition) is 3. The van der Waals surface area contributed by atoms with E-state index in [-0.39, 0.29) is 28.7 Å². The van der Waals surface area contributed by atoms with Crippen molar-refractivity contribution in [2.75, 3.05) is 0 Å². The Morgan fingerprint density at radius 2 is 1.94 bits per heavy atom. The number of carbonyl (C=O) groups excluding carboxylic acids is 1. The first-order chi connectivity index (χ1) is 8.20. The van der Waals surface area contributed by atoms with Gasteiger partial charge in [-0.05, 0) is 36.5 Å². The van der Waals surface area contributed by atoms with Gasteiger partial charge in [-0.1, -0.05) is 34.6 Å². The van der Waals surface area contributed by atoms with E-state index in [1.165, 1.54) is 12.8 Å². The highest BCUT2D eigenvalue weighted by Crippen LogP contribution is 2.66. The Morgan fingerprint density at radius 3 is 2.33 bits per heavy atom. The molecule has 104 valence electrons. The van der Waals surface area contributed by atoms with E-state index in [4.69, 9.17) is 4.74 Å². The van der Waals surface area contributed by atoms with Gasteiger partial charge in [0.2, 0.25) is 0 Å². The van der Waals surface area contributed by atoms with E-state index in [0.29, 0.717) is 11.3 Å². The van der Waals surface area contributed by atoms with E-state index in [2.05, 4.69) is 33.4 Å². The van der Waals surface area contributed by atoms with E-state index < -0.39 is 0 Å². The third-order valence-corrected chi connectivity index (χ3v) is 6.65. The molecule has 2 aliphatic rings. The molecule has 0 amide bonds. The van der Waals surface area contributed by atoms with Crippen LogP contribution in [0.4, 0.5) is 0 Å². The summed E-state index contributed by atoms with van der Waals surface area (Å²) in [6.45, 7) is 11.0. The van der Waals surface area contributed by atoms with Crippen molar-refractivity contribution in [1.29, 1.82) is 0 Å². The highest BCUT2D eigenvalue weighted by molar-refractivity contribution is 7.81. The molecule has 4 unspecified atom stereocenters. The van der Waals surface area contributed by atoms with Crippen LogP contribution in [-0.4, -0.2) is 17.3 Å². The van der Waals surface area contributed by atoms with Crippen LogP contribution in [0.1, 0.15) is 53.9 Å². The zero-order valence-electron chi connectivity index (χ0n) is 12.2. The molecule has 4 atom stereocenters. The summed E-state index contributed by atoms with van der Waals surface area (Å²) in [6, 6.07) is 0. The number of ether oxygens (including phenoxy) is 1. The van der Waals surface area contributed by atoms with Gasteiger partial charge in [0.1, 0.15) is 11.4 Å². The van der Waals surface area contributed by atoms with Gasteiger partial charge in [-0.2, -0.15) is 12.6 Å². The Balaban J connectivity index is 2.07. The van der Waals surface area contributed by atoms with Crippen LogP contribution in [0.2, 0.25) is 0 Å². The molecule has 2 saturated carbocycles. The fourth-order valence-corrected chi connectivity index (χ4v) is 3.85. The Labute approximate surface area is 116 Å². The Bertz CT molecular complexity index is 350. The van der Waals surface area contributed by atoms with Crippen LogP contribution in [0.3, 0.4) is 0 Å². The predicted octanol–water partition coefficient (Wildman–Crippen LogP) is 3.70. The van der Waals surface area contributed by atoms with E-state index >= 15 is 0 Å². The van der Waals surface area contributed by atoms with Gasteiger partial charge in [0, 0.05) is 5.41 Å². The maximum Gasteiger partial charge on any atom is 0.319 e. The smallest absolute Gasteiger partial charge is 0.319 e. The molecule has 2 aliphatic carbocycles. The van der Waals surface area contributed by atoms with E-state index in [1.807, 2.05) is 13.8 Å². The molecule has 2 fully saturated rings. The highest BCUT2D eigenvalue weighted by atomic mass is 32.1. The molecule has 2 nitrogen and oxygen atoms in total. The molecule has 0 saturated heterocycles. The maximum atomic E-state index is 12.1. The van der Waals surface area contributed by atoms with Gasteiger partial charge in [-0.3, -0.25) is 4.79 Å². The zero-order valence-corrected chi connectivity index (χ0v) is 13.1. The lowest BCUT2D eigenvalue weighted by molar-refractivity contribution is -0.156. The normalized spacial score (nSPS) is 39.1. The summed E-state index contributed by atoms with van der Waals surface area (Å²) in [6.07, 6.45) is 3.59. The van der Waals surface area contributed by atoms with E-state index in [0.717, 1.165) is 6.42 Å². The number of esters is 1. The Hall–Kier alpha value is -0.180. The molecule has 0 N–H and O–H groups in total. The van der Waals surface area contributed by atoms with Crippen LogP contribution in [0, 0.1) is 22.7 Å². The minimum absolute atomic E-state index is 0.0900. The molecule has 18 heavy (non-hydrogen) atoms. The summed E-state index contributed by atoms with van der Waals surface area (Å²) in [7, 11) is 0. The second kappa shape index (κ2) is 4.43. The molecule has 0 heterocycles. The van der Waals surface area contributed by atoms with Crippen molar-refractivity contribution >= 4 is 18.6 Å². The summed E-state index contributed by atoms with van der Waals surface area (Å²) < 4.78 is 5.79. The summed E-state index contributed by atoms with van der Waals surface area (Å²) in [4.78, 5) is 12.1. The van der Waals surface area contributed by atoms with Gasteiger partial charge in [-0.25, -0.2) is 0 Å². The van der Waals surface area contributed by atoms with Crippen LogP contribution in [0.15, 0.2) is 0 Å². The van der Waals surface area contributed by atoms with Gasteiger partial charge < -0.3 is 4.74 Å². The molecule has 0 aromatic carbocycles. The lowest BCUT2D eigenvalue weighted by atomic mass is 9.70. The number of carbonyl (C=O) groups is 1. The highest BCUT2D eigenvalue weighted by Gasteiger charge is 2.62. The average molecular weight is 270 g/mol. The molecular formula is C15H26O2S. The third-order valence-electron chi connectivity index (χ3n) is 5.85. The van der Waals surface area contributed by atoms with Gasteiger partial charge in [0.15, 0.2) is 0 Å². The molecule has 2 bridgehead atoms. The standard InChI is InChI=1S/C15H26O2S/c1-9(2)12(18)13(16)17-11-8-10-6-7-15(11,5)14(10,3)4/h9-12,18H,6-8H2,1-5H3. The fraction of sp³-hybridized carbons (Fsp3) is 0.933. The molecule has 2 rings (SSSR count). The monoisotopic (exact) mass is 270 g/mol. The second-order valence-corrected chi connectivity index (χ2v) is 7.78. The first kappa shape index (κ1) is 14.2. The molecule has 0 radical (unpaired) electrons. The van der Waals surface area contributed by atoms with Crippen molar-refractivity contribution in [3.8, 4) is 0 Å². The van der Waals surface area contributed by atoms with Crippen molar-refractivity contribution in [3.63, 3.8) is 0 Å². The zero-order chi connectivity index (χ0) is 13.7. The maximum absolute atomic E-state index is 12.1. The van der Waals surface area contributed by atoms with Gasteiger partial charge in [0.25, 0.3) is 0 Å². The third kappa shape index (κ3) is 1.90.